The molecule has 7 nitrogen and oxygen atoms in total. The minimum absolute atomic E-state index is 0.0144. The molecule has 0 spiro atoms. The van der Waals surface area contributed by atoms with Crippen LogP contribution in [0.5, 0.6) is 0 Å². The van der Waals surface area contributed by atoms with Gasteiger partial charge in [-0.1, -0.05) is 13.8 Å². The molecule has 0 unspecified atom stereocenters. The minimum atomic E-state index is -0.0144. The molecule has 0 aromatic carbocycles. The summed E-state index contributed by atoms with van der Waals surface area (Å²) in [4.78, 5) is 21.4. The summed E-state index contributed by atoms with van der Waals surface area (Å²) in [7, 11) is 0. The van der Waals surface area contributed by atoms with Gasteiger partial charge in [0.1, 0.15) is 5.82 Å². The molecule has 0 fully saturated rings. The zero-order valence-electron chi connectivity index (χ0n) is 13.6. The fourth-order valence-electron chi connectivity index (χ4n) is 2.84. The summed E-state index contributed by atoms with van der Waals surface area (Å²) in [6.07, 6.45) is 5.17. The van der Waals surface area contributed by atoms with Gasteiger partial charge >= 0.3 is 0 Å². The fourth-order valence-corrected chi connectivity index (χ4v) is 2.84. The highest BCUT2D eigenvalue weighted by molar-refractivity contribution is 5.93. The molecule has 0 N–H and O–H groups in total. The Hall–Kier alpha value is -2.28. The summed E-state index contributed by atoms with van der Waals surface area (Å²) in [6.45, 7) is 9.21. The van der Waals surface area contributed by atoms with Gasteiger partial charge in [-0.25, -0.2) is 4.98 Å². The largest absolute Gasteiger partial charge is 0.331 e. The number of carbonyl (C=O) groups excluding carboxylic acids is 1. The minimum Gasteiger partial charge on any atom is -0.331 e. The lowest BCUT2D eigenvalue weighted by molar-refractivity contribution is 0.0707. The van der Waals surface area contributed by atoms with Crippen LogP contribution in [-0.4, -0.2) is 55.1 Å². The van der Waals surface area contributed by atoms with Crippen LogP contribution in [0.3, 0.4) is 0 Å². The first kappa shape index (κ1) is 15.6. The molecule has 122 valence electrons. The van der Waals surface area contributed by atoms with Gasteiger partial charge in [0.25, 0.3) is 5.91 Å². The number of fused-ring (bicyclic) bond motifs is 1. The highest BCUT2D eigenvalue weighted by Crippen LogP contribution is 2.16. The third kappa shape index (κ3) is 3.39. The highest BCUT2D eigenvalue weighted by Gasteiger charge is 2.23. The molecule has 1 aliphatic rings. The highest BCUT2D eigenvalue weighted by atomic mass is 16.2. The number of hydrogen-bond donors (Lipinski definition) is 0. The zero-order chi connectivity index (χ0) is 16.2. The molecule has 1 aliphatic heterocycles. The van der Waals surface area contributed by atoms with Crippen molar-refractivity contribution in [2.24, 2.45) is 0 Å². The average molecular weight is 314 g/mol. The first-order valence-corrected chi connectivity index (χ1v) is 8.04. The number of carbonyl (C=O) groups is 1. The molecule has 0 bridgehead atoms. The lowest BCUT2D eigenvalue weighted by atomic mass is 10.2. The zero-order valence-corrected chi connectivity index (χ0v) is 13.6. The number of aromatic nitrogens is 4. The summed E-state index contributed by atoms with van der Waals surface area (Å²) in [5, 5.41) is 7.49. The first-order chi connectivity index (χ1) is 11.2. The van der Waals surface area contributed by atoms with Crippen LogP contribution in [0.2, 0.25) is 0 Å². The van der Waals surface area contributed by atoms with Gasteiger partial charge < -0.3 is 9.47 Å². The van der Waals surface area contributed by atoms with Gasteiger partial charge in [-0.3, -0.25) is 9.69 Å². The molecule has 7 heteroatoms. The molecule has 0 aliphatic carbocycles. The lowest BCUT2D eigenvalue weighted by Gasteiger charge is -2.27. The van der Waals surface area contributed by atoms with E-state index >= 15 is 0 Å². The summed E-state index contributed by atoms with van der Waals surface area (Å²) in [5.41, 5.74) is 1.65. The van der Waals surface area contributed by atoms with Crippen LogP contribution in [0.1, 0.15) is 35.7 Å². The van der Waals surface area contributed by atoms with E-state index in [1.54, 1.807) is 12.3 Å². The molecule has 0 radical (unpaired) electrons. The Labute approximate surface area is 135 Å². The number of rotatable bonds is 5. The maximum atomic E-state index is 12.5. The molecule has 1 amide bonds. The number of imidazole rings is 1. The van der Waals surface area contributed by atoms with Gasteiger partial charge in [0.15, 0.2) is 0 Å². The van der Waals surface area contributed by atoms with Crippen LogP contribution in [0.15, 0.2) is 24.7 Å². The van der Waals surface area contributed by atoms with Crippen molar-refractivity contribution in [3.05, 3.63) is 41.7 Å². The summed E-state index contributed by atoms with van der Waals surface area (Å²) < 4.78 is 2.16. The van der Waals surface area contributed by atoms with Gasteiger partial charge in [-0.2, -0.15) is 10.2 Å². The van der Waals surface area contributed by atoms with Crippen LogP contribution >= 0.6 is 0 Å². The predicted octanol–water partition coefficient (Wildman–Crippen LogP) is 1.17. The van der Waals surface area contributed by atoms with Crippen LogP contribution < -0.4 is 0 Å². The monoisotopic (exact) mass is 314 g/mol. The van der Waals surface area contributed by atoms with Crippen molar-refractivity contribution in [2.75, 3.05) is 19.6 Å². The van der Waals surface area contributed by atoms with Crippen LogP contribution in [-0.2, 0) is 19.6 Å². The van der Waals surface area contributed by atoms with E-state index in [1.165, 1.54) is 6.20 Å². The van der Waals surface area contributed by atoms with Gasteiger partial charge in [0.2, 0.25) is 0 Å². The Bertz CT molecular complexity index is 664. The van der Waals surface area contributed by atoms with E-state index in [0.29, 0.717) is 18.7 Å². The summed E-state index contributed by atoms with van der Waals surface area (Å²) >= 11 is 0. The van der Waals surface area contributed by atoms with E-state index < -0.39 is 0 Å². The van der Waals surface area contributed by atoms with E-state index in [-0.39, 0.29) is 5.91 Å². The fraction of sp³-hybridized carbons (Fsp3) is 0.500. The van der Waals surface area contributed by atoms with Crippen molar-refractivity contribution in [3.63, 3.8) is 0 Å². The Morgan fingerprint density at radius 2 is 2.09 bits per heavy atom. The molecule has 2 aromatic heterocycles. The third-order valence-corrected chi connectivity index (χ3v) is 4.25. The molecule has 3 heterocycles. The van der Waals surface area contributed by atoms with E-state index in [1.807, 2.05) is 4.90 Å². The van der Waals surface area contributed by atoms with Crippen molar-refractivity contribution in [2.45, 2.75) is 33.5 Å². The molecule has 3 rings (SSSR count). The Kier molecular flexibility index (Phi) is 4.66. The van der Waals surface area contributed by atoms with Gasteiger partial charge in [0.05, 0.1) is 30.2 Å². The van der Waals surface area contributed by atoms with E-state index in [4.69, 9.17) is 4.98 Å². The van der Waals surface area contributed by atoms with Crippen LogP contribution in [0.4, 0.5) is 0 Å². The maximum Gasteiger partial charge on any atom is 0.256 e. The van der Waals surface area contributed by atoms with Gasteiger partial charge in [0, 0.05) is 25.8 Å². The quantitative estimate of drug-likeness (QED) is 0.829. The summed E-state index contributed by atoms with van der Waals surface area (Å²) in [6, 6.07) is 1.70. The van der Waals surface area contributed by atoms with Crippen LogP contribution in [0, 0.1) is 0 Å². The van der Waals surface area contributed by atoms with Crippen molar-refractivity contribution < 1.29 is 4.79 Å². The predicted molar refractivity (Wildman–Crippen MR) is 85.6 cm³/mol. The normalized spacial score (nSPS) is 14.1. The molecule has 0 saturated carbocycles. The second-order valence-electron chi connectivity index (χ2n) is 5.66. The van der Waals surface area contributed by atoms with Gasteiger partial charge in [-0.05, 0) is 19.2 Å². The van der Waals surface area contributed by atoms with Crippen molar-refractivity contribution in [1.29, 1.82) is 0 Å². The first-order valence-electron chi connectivity index (χ1n) is 8.04. The Morgan fingerprint density at radius 3 is 2.78 bits per heavy atom. The topological polar surface area (TPSA) is 67.2 Å². The van der Waals surface area contributed by atoms with Gasteiger partial charge in [-0.15, -0.1) is 0 Å². The summed E-state index contributed by atoms with van der Waals surface area (Å²) in [5.74, 6) is 0.938. The van der Waals surface area contributed by atoms with E-state index in [0.717, 1.165) is 37.7 Å². The van der Waals surface area contributed by atoms with Crippen LogP contribution in [0.25, 0.3) is 0 Å². The second kappa shape index (κ2) is 6.87. The molecule has 0 atom stereocenters. The molecular formula is C16H22N6O. The Morgan fingerprint density at radius 1 is 1.26 bits per heavy atom. The Balaban J connectivity index is 1.71. The second-order valence-corrected chi connectivity index (χ2v) is 5.66. The number of amides is 1. The third-order valence-electron chi connectivity index (χ3n) is 4.25. The lowest BCUT2D eigenvalue weighted by Crippen LogP contribution is -2.38. The van der Waals surface area contributed by atoms with Crippen molar-refractivity contribution in [1.82, 2.24) is 29.5 Å². The molecule has 23 heavy (non-hydrogen) atoms. The molecule has 2 aromatic rings. The molecule has 0 saturated heterocycles. The maximum absolute atomic E-state index is 12.5. The smallest absolute Gasteiger partial charge is 0.256 e. The molecular weight excluding hydrogens is 292 g/mol. The van der Waals surface area contributed by atoms with E-state index in [2.05, 4.69) is 39.7 Å². The van der Waals surface area contributed by atoms with E-state index in [9.17, 15) is 4.79 Å². The SMILES string of the molecule is CCN(CC)Cc1cn2c(n1)CN(C(=O)c1ccnnc1)CC2. The van der Waals surface area contributed by atoms with Crippen molar-refractivity contribution in [3.8, 4) is 0 Å². The van der Waals surface area contributed by atoms with Crippen molar-refractivity contribution >= 4 is 5.91 Å². The number of nitrogens with zero attached hydrogens (tertiary/aromatic N) is 6. The average Bonchev–Trinajstić information content (AvgIpc) is 3.01. The number of hydrogen-bond acceptors (Lipinski definition) is 5. The standard InChI is InChI=1S/C16H22N6O/c1-3-20(4-2)10-14-11-21-7-8-22(12-15(21)19-14)16(23)13-5-6-17-18-9-13/h5-6,9,11H,3-4,7-8,10,12H2,1-2H3.